The monoisotopic (exact) mass is 216 g/mol. The van der Waals surface area contributed by atoms with Gasteiger partial charge in [-0.25, -0.2) is 4.98 Å². The molecule has 1 rings (SSSR count). The summed E-state index contributed by atoms with van der Waals surface area (Å²) in [5, 5.41) is 9.59. The Morgan fingerprint density at radius 2 is 2.50 bits per heavy atom. The van der Waals surface area contributed by atoms with Crippen LogP contribution in [0.1, 0.15) is 5.69 Å². The molecule has 6 heteroatoms. The molecular weight excluding hydrogens is 204 g/mol. The lowest BCUT2D eigenvalue weighted by Crippen LogP contribution is -2.05. The fourth-order valence-electron chi connectivity index (χ4n) is 0.889. The summed E-state index contributed by atoms with van der Waals surface area (Å²) in [6, 6.07) is 0. The van der Waals surface area contributed by atoms with E-state index in [2.05, 4.69) is 9.72 Å². The number of aliphatic hydroxyl groups is 1. The van der Waals surface area contributed by atoms with E-state index in [0.717, 1.165) is 5.69 Å². The number of aliphatic hydroxyl groups excluding tert-OH is 1. The van der Waals surface area contributed by atoms with Crippen LogP contribution in [0, 0.1) is 0 Å². The summed E-state index contributed by atoms with van der Waals surface area (Å²) in [4.78, 5) is 14.9. The Morgan fingerprint density at radius 1 is 1.79 bits per heavy atom. The number of rotatable bonds is 4. The minimum Gasteiger partial charge on any atom is -0.468 e. The molecule has 78 valence electrons. The molecule has 0 atom stereocenters. The number of hydrogen-bond acceptors (Lipinski definition) is 5. The molecule has 0 aliphatic rings. The molecule has 5 nitrogen and oxygen atoms in total. The first-order chi connectivity index (χ1) is 6.69. The number of esters is 1. The highest BCUT2D eigenvalue weighted by molar-refractivity contribution is 7.99. The Balaban J connectivity index is 2.59. The van der Waals surface area contributed by atoms with Gasteiger partial charge in [0.2, 0.25) is 0 Å². The van der Waals surface area contributed by atoms with E-state index in [-0.39, 0.29) is 18.3 Å². The highest BCUT2D eigenvalue weighted by atomic mass is 32.2. The molecule has 0 spiro atoms. The maximum absolute atomic E-state index is 10.8. The molecule has 0 saturated carbocycles. The zero-order chi connectivity index (χ0) is 10.6. The third kappa shape index (κ3) is 2.49. The van der Waals surface area contributed by atoms with Crippen LogP contribution in [0.4, 0.5) is 0 Å². The van der Waals surface area contributed by atoms with Crippen LogP contribution < -0.4 is 0 Å². The van der Waals surface area contributed by atoms with Gasteiger partial charge in [0.05, 0.1) is 31.4 Å². The van der Waals surface area contributed by atoms with Crippen LogP contribution in [0.15, 0.2) is 11.4 Å². The summed E-state index contributed by atoms with van der Waals surface area (Å²) in [6.45, 7) is -0.0533. The Kier molecular flexibility index (Phi) is 3.97. The van der Waals surface area contributed by atoms with Gasteiger partial charge in [-0.3, -0.25) is 4.79 Å². The fraction of sp³-hybridized carbons (Fsp3) is 0.500. The van der Waals surface area contributed by atoms with Crippen molar-refractivity contribution in [1.82, 2.24) is 9.55 Å². The maximum atomic E-state index is 10.8. The molecule has 14 heavy (non-hydrogen) atoms. The third-order valence-corrected chi connectivity index (χ3v) is 2.77. The van der Waals surface area contributed by atoms with Crippen molar-refractivity contribution in [2.45, 2.75) is 11.8 Å². The summed E-state index contributed by atoms with van der Waals surface area (Å²) in [5.74, 6) is -0.0600. The SMILES string of the molecule is COC(=O)CSc1ncc(CO)n1C. The van der Waals surface area contributed by atoms with Gasteiger partial charge in [-0.05, 0) is 0 Å². The molecule has 0 bridgehead atoms. The largest absolute Gasteiger partial charge is 0.468 e. The molecule has 1 aromatic rings. The molecule has 0 unspecified atom stereocenters. The number of imidazole rings is 1. The van der Waals surface area contributed by atoms with Gasteiger partial charge in [0.15, 0.2) is 5.16 Å². The number of carbonyl (C=O) groups is 1. The molecule has 0 aromatic carbocycles. The van der Waals surface area contributed by atoms with Crippen LogP contribution in [0.5, 0.6) is 0 Å². The Bertz CT molecular complexity index is 324. The molecule has 0 radical (unpaired) electrons. The smallest absolute Gasteiger partial charge is 0.316 e. The van der Waals surface area contributed by atoms with E-state index in [4.69, 9.17) is 5.11 Å². The third-order valence-electron chi connectivity index (χ3n) is 1.75. The summed E-state index contributed by atoms with van der Waals surface area (Å²) in [5.41, 5.74) is 0.720. The van der Waals surface area contributed by atoms with Crippen LogP contribution >= 0.6 is 11.8 Å². The van der Waals surface area contributed by atoms with Gasteiger partial charge in [-0.15, -0.1) is 0 Å². The number of thioether (sulfide) groups is 1. The number of carbonyl (C=O) groups excluding carboxylic acids is 1. The van der Waals surface area contributed by atoms with E-state index < -0.39 is 0 Å². The second-order valence-electron chi connectivity index (χ2n) is 2.61. The summed E-state index contributed by atoms with van der Waals surface area (Å²) in [7, 11) is 3.14. The predicted octanol–water partition coefficient (Wildman–Crippen LogP) is 0.177. The molecule has 0 fully saturated rings. The first-order valence-corrected chi connectivity index (χ1v) is 4.98. The summed E-state index contributed by atoms with van der Waals surface area (Å²) >= 11 is 1.28. The van der Waals surface area contributed by atoms with Crippen LogP contribution in [0.25, 0.3) is 0 Å². The van der Waals surface area contributed by atoms with Crippen LogP contribution in [-0.2, 0) is 23.2 Å². The standard InChI is InChI=1S/C8H12N2O3S/c1-10-6(4-11)3-9-8(10)14-5-7(12)13-2/h3,11H,4-5H2,1-2H3. The van der Waals surface area contributed by atoms with Gasteiger partial charge >= 0.3 is 5.97 Å². The summed E-state index contributed by atoms with van der Waals surface area (Å²) in [6.07, 6.45) is 1.58. The Morgan fingerprint density at radius 3 is 3.00 bits per heavy atom. The van der Waals surface area contributed by atoms with Crippen LogP contribution in [-0.4, -0.2) is 33.5 Å². The van der Waals surface area contributed by atoms with Gasteiger partial charge in [0.25, 0.3) is 0 Å². The van der Waals surface area contributed by atoms with Crippen molar-refractivity contribution < 1.29 is 14.6 Å². The van der Waals surface area contributed by atoms with E-state index in [1.807, 2.05) is 0 Å². The number of ether oxygens (including phenoxy) is 1. The van der Waals surface area contributed by atoms with Crippen LogP contribution in [0.3, 0.4) is 0 Å². The minimum absolute atomic E-state index is 0.0533. The number of methoxy groups -OCH3 is 1. The van der Waals surface area contributed by atoms with Crippen molar-refractivity contribution in [2.24, 2.45) is 7.05 Å². The Labute approximate surface area is 86.1 Å². The molecule has 0 saturated heterocycles. The van der Waals surface area contributed by atoms with Gasteiger partial charge < -0.3 is 14.4 Å². The Hall–Kier alpha value is -1.01. The average Bonchev–Trinajstić information content (AvgIpc) is 2.56. The molecule has 1 heterocycles. The van der Waals surface area contributed by atoms with Gasteiger partial charge in [-0.2, -0.15) is 0 Å². The van der Waals surface area contributed by atoms with Crippen molar-refractivity contribution in [3.63, 3.8) is 0 Å². The van der Waals surface area contributed by atoms with Crippen molar-refractivity contribution in [2.75, 3.05) is 12.9 Å². The first-order valence-electron chi connectivity index (χ1n) is 4.00. The molecule has 0 aliphatic carbocycles. The maximum Gasteiger partial charge on any atom is 0.316 e. The van der Waals surface area contributed by atoms with E-state index in [0.29, 0.717) is 5.16 Å². The molecule has 0 aliphatic heterocycles. The highest BCUT2D eigenvalue weighted by Gasteiger charge is 2.08. The quantitative estimate of drug-likeness (QED) is 0.574. The zero-order valence-electron chi connectivity index (χ0n) is 8.06. The van der Waals surface area contributed by atoms with Gasteiger partial charge in [0.1, 0.15) is 0 Å². The van der Waals surface area contributed by atoms with Crippen molar-refractivity contribution in [1.29, 1.82) is 0 Å². The lowest BCUT2D eigenvalue weighted by atomic mass is 10.5. The van der Waals surface area contributed by atoms with Crippen molar-refractivity contribution >= 4 is 17.7 Å². The van der Waals surface area contributed by atoms with Crippen molar-refractivity contribution in [3.8, 4) is 0 Å². The minimum atomic E-state index is -0.288. The zero-order valence-corrected chi connectivity index (χ0v) is 8.87. The van der Waals surface area contributed by atoms with Gasteiger partial charge in [0, 0.05) is 7.05 Å². The van der Waals surface area contributed by atoms with Crippen LogP contribution in [0.2, 0.25) is 0 Å². The summed E-state index contributed by atoms with van der Waals surface area (Å²) < 4.78 is 6.24. The fourth-order valence-corrected chi connectivity index (χ4v) is 1.69. The second-order valence-corrected chi connectivity index (χ2v) is 3.56. The lowest BCUT2D eigenvalue weighted by molar-refractivity contribution is -0.137. The molecule has 1 N–H and O–H groups in total. The highest BCUT2D eigenvalue weighted by Crippen LogP contribution is 2.16. The topological polar surface area (TPSA) is 64.3 Å². The van der Waals surface area contributed by atoms with Gasteiger partial charge in [-0.1, -0.05) is 11.8 Å². The number of aromatic nitrogens is 2. The van der Waals surface area contributed by atoms with E-state index in [9.17, 15) is 4.79 Å². The van der Waals surface area contributed by atoms with E-state index >= 15 is 0 Å². The van der Waals surface area contributed by atoms with E-state index in [1.54, 1.807) is 17.8 Å². The predicted molar refractivity (Wildman–Crippen MR) is 51.9 cm³/mol. The number of hydrogen-bond donors (Lipinski definition) is 1. The number of nitrogens with zero attached hydrogens (tertiary/aromatic N) is 2. The first kappa shape index (κ1) is 11.1. The van der Waals surface area contributed by atoms with E-state index in [1.165, 1.54) is 18.9 Å². The molecular formula is C8H12N2O3S. The molecule has 0 amide bonds. The normalized spacial score (nSPS) is 10.2. The second kappa shape index (κ2) is 5.02. The molecule has 1 aromatic heterocycles. The average molecular weight is 216 g/mol. The lowest BCUT2D eigenvalue weighted by Gasteiger charge is -2.02. The van der Waals surface area contributed by atoms with Crippen molar-refractivity contribution in [3.05, 3.63) is 11.9 Å².